The van der Waals surface area contributed by atoms with Crippen molar-refractivity contribution < 1.29 is 26.4 Å². The number of halogens is 3. The number of sulfonamides is 1. The summed E-state index contributed by atoms with van der Waals surface area (Å²) in [6.45, 7) is 0.115. The maximum atomic E-state index is 13.3. The molecule has 144 valence electrons. The van der Waals surface area contributed by atoms with Crippen molar-refractivity contribution in [1.82, 2.24) is 4.31 Å². The van der Waals surface area contributed by atoms with E-state index in [1.165, 1.54) is 24.3 Å². The lowest BCUT2D eigenvalue weighted by Gasteiger charge is -2.30. The molecule has 5 nitrogen and oxygen atoms in total. The van der Waals surface area contributed by atoms with Gasteiger partial charge >= 0.3 is 0 Å². The van der Waals surface area contributed by atoms with Crippen LogP contribution in [0.4, 0.5) is 18.9 Å². The van der Waals surface area contributed by atoms with E-state index in [1.807, 2.05) is 0 Å². The van der Waals surface area contributed by atoms with E-state index in [2.05, 4.69) is 5.32 Å². The van der Waals surface area contributed by atoms with Crippen molar-refractivity contribution in [3.63, 3.8) is 0 Å². The van der Waals surface area contributed by atoms with E-state index < -0.39 is 38.3 Å². The minimum absolute atomic E-state index is 0.0575. The molecule has 2 aromatic rings. The SMILES string of the molecule is O=C(Nc1ccc(F)cc1)C1CCN(S(=O)(=O)c2cc(F)cc(F)c2)CC1. The zero-order chi connectivity index (χ0) is 19.6. The van der Waals surface area contributed by atoms with Crippen molar-refractivity contribution in [2.75, 3.05) is 18.4 Å². The molecule has 3 rings (SSSR count). The quantitative estimate of drug-likeness (QED) is 0.861. The maximum Gasteiger partial charge on any atom is 0.243 e. The van der Waals surface area contributed by atoms with E-state index in [9.17, 15) is 26.4 Å². The summed E-state index contributed by atoms with van der Waals surface area (Å²) in [5.41, 5.74) is 0.451. The molecule has 1 aliphatic rings. The average Bonchev–Trinajstić information content (AvgIpc) is 2.63. The normalized spacial score (nSPS) is 16.3. The van der Waals surface area contributed by atoms with Gasteiger partial charge in [-0.25, -0.2) is 21.6 Å². The summed E-state index contributed by atoms with van der Waals surface area (Å²) in [4.78, 5) is 11.8. The first-order valence-corrected chi connectivity index (χ1v) is 9.72. The Kier molecular flexibility index (Phi) is 5.52. The van der Waals surface area contributed by atoms with Gasteiger partial charge in [-0.2, -0.15) is 4.31 Å². The maximum absolute atomic E-state index is 13.3. The molecular formula is C18H17F3N2O3S. The van der Waals surface area contributed by atoms with Crippen molar-refractivity contribution in [3.05, 3.63) is 59.9 Å². The second-order valence-corrected chi connectivity index (χ2v) is 8.22. The Morgan fingerprint density at radius 1 is 0.926 bits per heavy atom. The molecule has 0 atom stereocenters. The minimum atomic E-state index is -4.04. The Bertz CT molecular complexity index is 921. The van der Waals surface area contributed by atoms with Crippen LogP contribution >= 0.6 is 0 Å². The third-order valence-corrected chi connectivity index (χ3v) is 6.29. The number of piperidine rings is 1. The molecule has 9 heteroatoms. The highest BCUT2D eigenvalue weighted by molar-refractivity contribution is 7.89. The predicted octanol–water partition coefficient (Wildman–Crippen LogP) is 3.14. The topological polar surface area (TPSA) is 66.5 Å². The fourth-order valence-electron chi connectivity index (χ4n) is 2.96. The molecule has 27 heavy (non-hydrogen) atoms. The summed E-state index contributed by atoms with van der Waals surface area (Å²) in [5, 5.41) is 2.67. The summed E-state index contributed by atoms with van der Waals surface area (Å²) < 4.78 is 65.8. The molecule has 2 aromatic carbocycles. The largest absolute Gasteiger partial charge is 0.326 e. The van der Waals surface area contributed by atoms with Crippen LogP contribution in [0.5, 0.6) is 0 Å². The van der Waals surface area contributed by atoms with Gasteiger partial charge in [-0.3, -0.25) is 4.79 Å². The molecule has 0 radical (unpaired) electrons. The lowest BCUT2D eigenvalue weighted by atomic mass is 9.97. The van der Waals surface area contributed by atoms with Crippen LogP contribution in [0.15, 0.2) is 47.4 Å². The van der Waals surface area contributed by atoms with Gasteiger partial charge in [0.05, 0.1) is 4.90 Å². The first-order valence-electron chi connectivity index (χ1n) is 8.28. The Morgan fingerprint density at radius 3 is 2.04 bits per heavy atom. The van der Waals surface area contributed by atoms with Crippen molar-refractivity contribution in [3.8, 4) is 0 Å². The fourth-order valence-corrected chi connectivity index (χ4v) is 4.48. The van der Waals surface area contributed by atoms with Gasteiger partial charge in [0.1, 0.15) is 17.5 Å². The van der Waals surface area contributed by atoms with Gasteiger partial charge in [0.15, 0.2) is 0 Å². The highest BCUT2D eigenvalue weighted by atomic mass is 32.2. The van der Waals surface area contributed by atoms with Gasteiger partial charge in [0.2, 0.25) is 15.9 Å². The molecule has 1 amide bonds. The number of rotatable bonds is 4. The molecule has 1 N–H and O–H groups in total. The minimum Gasteiger partial charge on any atom is -0.326 e. The molecule has 1 heterocycles. The van der Waals surface area contributed by atoms with E-state index in [4.69, 9.17) is 0 Å². The van der Waals surface area contributed by atoms with Gasteiger partial charge in [0, 0.05) is 30.8 Å². The number of nitrogens with one attached hydrogen (secondary N) is 1. The molecule has 1 fully saturated rings. The van der Waals surface area contributed by atoms with E-state index in [0.717, 1.165) is 16.4 Å². The highest BCUT2D eigenvalue weighted by Crippen LogP contribution is 2.25. The number of carbonyl (C=O) groups is 1. The summed E-state index contributed by atoms with van der Waals surface area (Å²) in [5.74, 6) is -3.05. The summed E-state index contributed by atoms with van der Waals surface area (Å²) in [6.07, 6.45) is 0.536. The second kappa shape index (κ2) is 7.69. The number of amides is 1. The number of benzene rings is 2. The van der Waals surface area contributed by atoms with Crippen LogP contribution in [0, 0.1) is 23.4 Å². The molecule has 1 aliphatic heterocycles. The van der Waals surface area contributed by atoms with E-state index in [0.29, 0.717) is 11.8 Å². The van der Waals surface area contributed by atoms with E-state index in [-0.39, 0.29) is 31.8 Å². The lowest BCUT2D eigenvalue weighted by molar-refractivity contribution is -0.120. The summed E-state index contributed by atoms with van der Waals surface area (Å²) >= 11 is 0. The number of hydrogen-bond acceptors (Lipinski definition) is 3. The molecule has 0 bridgehead atoms. The molecule has 0 saturated carbocycles. The number of hydrogen-bond donors (Lipinski definition) is 1. The fraction of sp³-hybridized carbons (Fsp3) is 0.278. The molecule has 0 aliphatic carbocycles. The highest BCUT2D eigenvalue weighted by Gasteiger charge is 2.32. The summed E-state index contributed by atoms with van der Waals surface area (Å²) in [7, 11) is -4.04. The Hall–Kier alpha value is -2.39. The molecule has 0 spiro atoms. The lowest BCUT2D eigenvalue weighted by Crippen LogP contribution is -2.41. The van der Waals surface area contributed by atoms with Crippen LogP contribution in [0.3, 0.4) is 0 Å². The van der Waals surface area contributed by atoms with Crippen LogP contribution in [-0.4, -0.2) is 31.7 Å². The van der Waals surface area contributed by atoms with Gasteiger partial charge in [-0.15, -0.1) is 0 Å². The zero-order valence-corrected chi connectivity index (χ0v) is 15.0. The monoisotopic (exact) mass is 398 g/mol. The Labute approximate surface area is 154 Å². The van der Waals surface area contributed by atoms with Gasteiger partial charge in [0.25, 0.3) is 0 Å². The molecule has 1 saturated heterocycles. The van der Waals surface area contributed by atoms with Gasteiger partial charge in [-0.05, 0) is 49.2 Å². The van der Waals surface area contributed by atoms with E-state index >= 15 is 0 Å². The number of anilines is 1. The average molecular weight is 398 g/mol. The second-order valence-electron chi connectivity index (χ2n) is 6.28. The molecule has 0 unspecified atom stereocenters. The standard InChI is InChI=1S/C18H17F3N2O3S/c19-13-1-3-16(4-2-13)22-18(24)12-5-7-23(8-6-12)27(25,26)17-10-14(20)9-15(21)11-17/h1-4,9-12H,5-8H2,(H,22,24). The predicted molar refractivity (Wildman–Crippen MR) is 92.9 cm³/mol. The molecule has 0 aromatic heterocycles. The van der Waals surface area contributed by atoms with Crippen LogP contribution in [0.1, 0.15) is 12.8 Å². The first-order chi connectivity index (χ1) is 12.8. The van der Waals surface area contributed by atoms with Crippen LogP contribution in [0.2, 0.25) is 0 Å². The van der Waals surface area contributed by atoms with Crippen molar-refractivity contribution in [1.29, 1.82) is 0 Å². The summed E-state index contributed by atoms with van der Waals surface area (Å²) in [6, 6.07) is 7.46. The Morgan fingerprint density at radius 2 is 1.48 bits per heavy atom. The molecular weight excluding hydrogens is 381 g/mol. The number of carbonyl (C=O) groups excluding carboxylic acids is 1. The third-order valence-electron chi connectivity index (χ3n) is 4.41. The van der Waals surface area contributed by atoms with Crippen LogP contribution in [-0.2, 0) is 14.8 Å². The third kappa shape index (κ3) is 4.48. The number of nitrogens with zero attached hydrogens (tertiary/aromatic N) is 1. The first kappa shape index (κ1) is 19.4. The van der Waals surface area contributed by atoms with Crippen molar-refractivity contribution in [2.45, 2.75) is 17.7 Å². The van der Waals surface area contributed by atoms with Crippen LogP contribution in [0.25, 0.3) is 0 Å². The van der Waals surface area contributed by atoms with Gasteiger partial charge in [-0.1, -0.05) is 0 Å². The van der Waals surface area contributed by atoms with E-state index in [1.54, 1.807) is 0 Å². The smallest absolute Gasteiger partial charge is 0.243 e. The van der Waals surface area contributed by atoms with Gasteiger partial charge < -0.3 is 5.32 Å². The van der Waals surface area contributed by atoms with Crippen LogP contribution < -0.4 is 5.32 Å². The Balaban J connectivity index is 1.64. The zero-order valence-electron chi connectivity index (χ0n) is 14.2. The van der Waals surface area contributed by atoms with Crippen molar-refractivity contribution in [2.24, 2.45) is 5.92 Å². The van der Waals surface area contributed by atoms with Crippen molar-refractivity contribution >= 4 is 21.6 Å².